The van der Waals surface area contributed by atoms with Crippen molar-refractivity contribution in [1.29, 1.82) is 0 Å². The number of carbonyl (C=O) groups is 1. The van der Waals surface area contributed by atoms with Crippen LogP contribution < -0.4 is 0 Å². The van der Waals surface area contributed by atoms with Gasteiger partial charge in [-0.1, -0.05) is 106 Å². The lowest BCUT2D eigenvalue weighted by molar-refractivity contribution is 0.0315. The topological polar surface area (TPSA) is 58.4 Å². The monoisotopic (exact) mass is 521 g/mol. The predicted molar refractivity (Wildman–Crippen MR) is 156 cm³/mol. The van der Waals surface area contributed by atoms with Gasteiger partial charge in [-0.25, -0.2) is 4.98 Å². The van der Waals surface area contributed by atoms with Gasteiger partial charge < -0.3 is 14.6 Å². The maximum Gasteiger partial charge on any atom is 0.254 e. The molecule has 1 heterocycles. The summed E-state index contributed by atoms with van der Waals surface area (Å²) in [5, 5.41) is 10.8. The third kappa shape index (κ3) is 6.15. The molecular formula is C34H39N3O2. The summed E-state index contributed by atoms with van der Waals surface area (Å²) in [6.45, 7) is 7.69. The lowest BCUT2D eigenvalue weighted by atomic mass is 9.83. The number of hydrogen-bond acceptors (Lipinski definition) is 3. The molecule has 5 heteroatoms. The smallest absolute Gasteiger partial charge is 0.254 e. The van der Waals surface area contributed by atoms with Gasteiger partial charge in [-0.05, 0) is 36.0 Å². The average molecular weight is 522 g/mol. The molecule has 0 radical (unpaired) electrons. The molecule has 0 spiro atoms. The first-order chi connectivity index (χ1) is 18.8. The van der Waals surface area contributed by atoms with Crippen LogP contribution in [-0.4, -0.2) is 38.1 Å². The highest BCUT2D eigenvalue weighted by Gasteiger charge is 2.41. The third-order valence-electron chi connectivity index (χ3n) is 7.78. The third-order valence-corrected chi connectivity index (χ3v) is 7.78. The minimum Gasteiger partial charge on any atom is -0.393 e. The van der Waals surface area contributed by atoms with E-state index in [9.17, 15) is 9.90 Å². The van der Waals surface area contributed by atoms with Crippen LogP contribution in [0.15, 0.2) is 97.2 Å². The van der Waals surface area contributed by atoms with Crippen LogP contribution in [0.5, 0.6) is 0 Å². The van der Waals surface area contributed by atoms with E-state index >= 15 is 0 Å². The molecular weight excluding hydrogens is 482 g/mol. The van der Waals surface area contributed by atoms with Crippen LogP contribution in [-0.2, 0) is 6.54 Å². The Bertz CT molecular complexity index is 1360. The van der Waals surface area contributed by atoms with Crippen LogP contribution in [0.3, 0.4) is 0 Å². The lowest BCUT2D eigenvalue weighted by Crippen LogP contribution is -2.45. The zero-order valence-corrected chi connectivity index (χ0v) is 23.2. The minimum atomic E-state index is -0.388. The summed E-state index contributed by atoms with van der Waals surface area (Å²) in [7, 11) is 0. The number of amides is 1. The van der Waals surface area contributed by atoms with Crippen molar-refractivity contribution in [1.82, 2.24) is 14.5 Å². The fourth-order valence-electron chi connectivity index (χ4n) is 5.83. The molecule has 5 rings (SSSR count). The van der Waals surface area contributed by atoms with Gasteiger partial charge in [0.25, 0.3) is 5.91 Å². The first kappa shape index (κ1) is 26.9. The van der Waals surface area contributed by atoms with Gasteiger partial charge in [0.2, 0.25) is 0 Å². The van der Waals surface area contributed by atoms with Crippen molar-refractivity contribution in [2.75, 3.05) is 6.54 Å². The second-order valence-electron chi connectivity index (χ2n) is 11.8. The van der Waals surface area contributed by atoms with E-state index in [1.165, 1.54) is 5.56 Å². The molecule has 202 valence electrons. The van der Waals surface area contributed by atoms with Gasteiger partial charge in [0, 0.05) is 36.3 Å². The first-order valence-corrected chi connectivity index (χ1v) is 14.0. The van der Waals surface area contributed by atoms with E-state index in [1.54, 1.807) is 0 Å². The van der Waals surface area contributed by atoms with Crippen molar-refractivity contribution in [2.24, 2.45) is 11.3 Å². The van der Waals surface area contributed by atoms with Crippen LogP contribution in [0, 0.1) is 11.3 Å². The summed E-state index contributed by atoms with van der Waals surface area (Å²) in [5.41, 5.74) is 3.45. The Morgan fingerprint density at radius 1 is 0.949 bits per heavy atom. The standard InChI is InChI=1S/C34H39N3O2/c1-34(2,3)31(37(23-28-20-13-21-30(28)38)33(39)27-18-11-6-12-19-27)32-35-29(26-16-9-5-10-17-26)24-36(32)22-25-14-7-4-8-15-25/h4-12,14-19,24,28,30-31,38H,13,20-23H2,1-3H3/t28-,30+,31-/m0/s1. The Balaban J connectivity index is 1.64. The zero-order valence-electron chi connectivity index (χ0n) is 23.2. The minimum absolute atomic E-state index is 0.0230. The van der Waals surface area contributed by atoms with Gasteiger partial charge in [0.05, 0.1) is 17.8 Å². The molecule has 1 aliphatic carbocycles. The Morgan fingerprint density at radius 3 is 2.15 bits per heavy atom. The summed E-state index contributed by atoms with van der Waals surface area (Å²) in [6.07, 6.45) is 4.43. The van der Waals surface area contributed by atoms with Gasteiger partial charge in [-0.2, -0.15) is 0 Å². The number of nitrogens with zero attached hydrogens (tertiary/aromatic N) is 3. The van der Waals surface area contributed by atoms with Gasteiger partial charge in [0.15, 0.2) is 0 Å². The largest absolute Gasteiger partial charge is 0.393 e. The number of carbonyl (C=O) groups excluding carboxylic acids is 1. The average Bonchev–Trinajstić information content (AvgIpc) is 3.54. The van der Waals surface area contributed by atoms with E-state index in [-0.39, 0.29) is 29.4 Å². The highest BCUT2D eigenvalue weighted by molar-refractivity contribution is 5.94. The summed E-state index contributed by atoms with van der Waals surface area (Å²) >= 11 is 0. The number of aliphatic hydroxyl groups is 1. The predicted octanol–water partition coefficient (Wildman–Crippen LogP) is 6.99. The Kier molecular flexibility index (Phi) is 7.99. The second-order valence-corrected chi connectivity index (χ2v) is 11.8. The van der Waals surface area contributed by atoms with Crippen molar-refractivity contribution < 1.29 is 9.90 Å². The molecule has 0 bridgehead atoms. The van der Waals surface area contributed by atoms with E-state index in [2.05, 4.69) is 67.9 Å². The zero-order chi connectivity index (χ0) is 27.4. The molecule has 1 aromatic heterocycles. The Labute approximate surface area is 232 Å². The summed E-state index contributed by atoms with van der Waals surface area (Å²) in [6, 6.07) is 29.8. The van der Waals surface area contributed by atoms with E-state index in [4.69, 9.17) is 4.98 Å². The van der Waals surface area contributed by atoms with Gasteiger partial charge in [0.1, 0.15) is 5.82 Å². The van der Waals surface area contributed by atoms with Crippen molar-refractivity contribution in [3.63, 3.8) is 0 Å². The molecule has 4 aromatic rings. The van der Waals surface area contributed by atoms with Crippen LogP contribution >= 0.6 is 0 Å². The highest BCUT2D eigenvalue weighted by Crippen LogP contribution is 2.41. The molecule has 3 aromatic carbocycles. The van der Waals surface area contributed by atoms with Crippen molar-refractivity contribution in [3.8, 4) is 11.3 Å². The van der Waals surface area contributed by atoms with Crippen molar-refractivity contribution in [3.05, 3.63) is 114 Å². The number of aromatic nitrogens is 2. The normalized spacial score (nSPS) is 18.2. The molecule has 0 aliphatic heterocycles. The molecule has 0 saturated heterocycles. The molecule has 1 fully saturated rings. The van der Waals surface area contributed by atoms with Crippen LogP contribution in [0.25, 0.3) is 11.3 Å². The molecule has 5 nitrogen and oxygen atoms in total. The van der Waals surface area contributed by atoms with Crippen LogP contribution in [0.4, 0.5) is 0 Å². The van der Waals surface area contributed by atoms with E-state index in [0.29, 0.717) is 18.7 Å². The Hall–Kier alpha value is -3.70. The molecule has 39 heavy (non-hydrogen) atoms. The quantitative estimate of drug-likeness (QED) is 0.272. The first-order valence-electron chi connectivity index (χ1n) is 14.0. The molecule has 1 N–H and O–H groups in total. The number of benzene rings is 3. The van der Waals surface area contributed by atoms with E-state index in [1.807, 2.05) is 59.5 Å². The number of imidazole rings is 1. The van der Waals surface area contributed by atoms with Crippen molar-refractivity contribution in [2.45, 2.75) is 58.7 Å². The number of hydrogen-bond donors (Lipinski definition) is 1. The van der Waals surface area contributed by atoms with Crippen LogP contribution in [0.2, 0.25) is 0 Å². The summed E-state index contributed by atoms with van der Waals surface area (Å²) in [5.74, 6) is 0.890. The molecule has 0 unspecified atom stereocenters. The van der Waals surface area contributed by atoms with Gasteiger partial charge in [-0.15, -0.1) is 0 Å². The van der Waals surface area contributed by atoms with E-state index in [0.717, 1.165) is 36.3 Å². The molecule has 1 aliphatic rings. The van der Waals surface area contributed by atoms with Crippen molar-refractivity contribution >= 4 is 5.91 Å². The van der Waals surface area contributed by atoms with Gasteiger partial charge in [-0.3, -0.25) is 4.79 Å². The fourth-order valence-corrected chi connectivity index (χ4v) is 5.83. The maximum atomic E-state index is 14.3. The number of rotatable bonds is 8. The maximum absolute atomic E-state index is 14.3. The second kappa shape index (κ2) is 11.6. The fraction of sp³-hybridized carbons (Fsp3) is 0.353. The molecule has 1 saturated carbocycles. The SMILES string of the molecule is CC(C)(C)[C@H](c1nc(-c2ccccc2)cn1Cc1ccccc1)N(C[C@@H]1CCC[C@H]1O)C(=O)c1ccccc1. The van der Waals surface area contributed by atoms with Gasteiger partial charge >= 0.3 is 0 Å². The lowest BCUT2D eigenvalue weighted by Gasteiger charge is -2.41. The summed E-state index contributed by atoms with van der Waals surface area (Å²) in [4.78, 5) is 21.5. The summed E-state index contributed by atoms with van der Waals surface area (Å²) < 4.78 is 2.21. The molecule has 3 atom stereocenters. The number of aliphatic hydroxyl groups excluding tert-OH is 1. The van der Waals surface area contributed by atoms with Crippen LogP contribution in [0.1, 0.15) is 67.8 Å². The Morgan fingerprint density at radius 2 is 1.56 bits per heavy atom. The highest BCUT2D eigenvalue weighted by atomic mass is 16.3. The molecule has 1 amide bonds. The van der Waals surface area contributed by atoms with E-state index < -0.39 is 0 Å².